The van der Waals surface area contributed by atoms with Crippen LogP contribution in [0, 0.1) is 34.5 Å². The van der Waals surface area contributed by atoms with Crippen molar-refractivity contribution in [1.29, 1.82) is 0 Å². The van der Waals surface area contributed by atoms with E-state index in [-0.39, 0.29) is 23.4 Å². The van der Waals surface area contributed by atoms with E-state index < -0.39 is 5.97 Å². The second-order valence-electron chi connectivity index (χ2n) is 10.0. The highest BCUT2D eigenvalue weighted by molar-refractivity contribution is 5.96. The van der Waals surface area contributed by atoms with Crippen LogP contribution in [0.1, 0.15) is 72.1 Å². The van der Waals surface area contributed by atoms with Crippen molar-refractivity contribution in [3.8, 4) is 0 Å². The van der Waals surface area contributed by atoms with Crippen molar-refractivity contribution in [3.63, 3.8) is 0 Å². The molecular weight excluding hydrogens is 354 g/mol. The molecule has 0 heterocycles. The molecule has 3 fully saturated rings. The summed E-state index contributed by atoms with van der Waals surface area (Å²) in [5.41, 5.74) is 2.77. The number of carboxylic acid groups (broad SMARTS) is 1. The van der Waals surface area contributed by atoms with Crippen molar-refractivity contribution in [1.82, 2.24) is 0 Å². The monoisotopic (exact) mass is 387 g/mol. The Morgan fingerprint density at radius 1 is 1.14 bits per heavy atom. The van der Waals surface area contributed by atoms with Crippen molar-refractivity contribution in [2.24, 2.45) is 39.7 Å². The fraction of sp³-hybridized carbons (Fsp3) is 0.783. The van der Waals surface area contributed by atoms with Gasteiger partial charge in [-0.2, -0.15) is 0 Å². The summed E-state index contributed by atoms with van der Waals surface area (Å²) < 4.78 is 0. The molecule has 4 rings (SSSR count). The van der Waals surface area contributed by atoms with Crippen LogP contribution < -0.4 is 0 Å². The maximum atomic E-state index is 12.3. The van der Waals surface area contributed by atoms with Crippen LogP contribution in [-0.2, 0) is 14.4 Å². The molecule has 4 aliphatic rings. The Bertz CT molecular complexity index is 741. The summed E-state index contributed by atoms with van der Waals surface area (Å²) >= 11 is 0. The van der Waals surface area contributed by atoms with Crippen LogP contribution in [0.15, 0.2) is 16.8 Å². The lowest BCUT2D eigenvalue weighted by molar-refractivity contribution is -0.142. The molecule has 0 unspecified atom stereocenters. The van der Waals surface area contributed by atoms with Crippen LogP contribution in [-0.4, -0.2) is 29.2 Å². The molecule has 0 aromatic rings. The van der Waals surface area contributed by atoms with Gasteiger partial charge < -0.3 is 9.94 Å². The van der Waals surface area contributed by atoms with Crippen molar-refractivity contribution in [3.05, 3.63) is 11.6 Å². The van der Waals surface area contributed by atoms with Gasteiger partial charge in [-0.05, 0) is 93.0 Å². The van der Waals surface area contributed by atoms with E-state index in [4.69, 9.17) is 9.94 Å². The number of carbonyl (C=O) groups excluding carboxylic acids is 1. The molecule has 0 amide bonds. The number of ketones is 1. The highest BCUT2D eigenvalue weighted by Gasteiger charge is 2.59. The average molecular weight is 388 g/mol. The van der Waals surface area contributed by atoms with E-state index in [0.29, 0.717) is 17.6 Å². The summed E-state index contributed by atoms with van der Waals surface area (Å²) in [6, 6.07) is 0. The summed E-state index contributed by atoms with van der Waals surface area (Å²) in [5, 5.41) is 12.8. The molecule has 0 aromatic heterocycles. The lowest BCUT2D eigenvalue weighted by Gasteiger charge is -2.58. The standard InChI is InChI=1S/C23H33NO4/c1-14(25)18-6-7-19-17-5-4-15-12-16(24-28-13-21(26)27)8-10-22(15,2)20(17)9-11-23(18,19)3/h12,17-20H,4-11,13H2,1-3H3,(H,26,27)/b24-16-/t17-,18-,19-,20-,22+,23-/m1/s1. The summed E-state index contributed by atoms with van der Waals surface area (Å²) in [6.07, 6.45) is 11.1. The molecule has 4 aliphatic carbocycles. The Kier molecular flexibility index (Phi) is 4.91. The van der Waals surface area contributed by atoms with Crippen LogP contribution in [0.25, 0.3) is 0 Å². The minimum absolute atomic E-state index is 0.205. The SMILES string of the molecule is CC(=O)[C@H]1CC[C@@H]2[C@H]3CCC4=C/C(=N\OCC(=O)O)CC[C@]4(C)[C@@H]3CC[C@]12C. The quantitative estimate of drug-likeness (QED) is 0.715. The Morgan fingerprint density at radius 3 is 2.64 bits per heavy atom. The Balaban J connectivity index is 1.55. The number of allylic oxidation sites excluding steroid dienone is 2. The largest absolute Gasteiger partial charge is 0.479 e. The van der Waals surface area contributed by atoms with E-state index >= 15 is 0 Å². The van der Waals surface area contributed by atoms with Gasteiger partial charge >= 0.3 is 5.97 Å². The summed E-state index contributed by atoms with van der Waals surface area (Å²) in [7, 11) is 0. The van der Waals surface area contributed by atoms with E-state index in [1.54, 1.807) is 6.92 Å². The van der Waals surface area contributed by atoms with Crippen LogP contribution in [0.3, 0.4) is 0 Å². The number of nitrogens with zero attached hydrogens (tertiary/aromatic N) is 1. The third-order valence-corrected chi connectivity index (χ3v) is 8.84. The number of fused-ring (bicyclic) bond motifs is 5. The number of carboxylic acids is 1. The van der Waals surface area contributed by atoms with E-state index in [0.717, 1.165) is 37.3 Å². The molecule has 0 saturated heterocycles. The van der Waals surface area contributed by atoms with Gasteiger partial charge in [-0.1, -0.05) is 24.6 Å². The van der Waals surface area contributed by atoms with Gasteiger partial charge in [-0.25, -0.2) is 4.79 Å². The predicted molar refractivity (Wildman–Crippen MR) is 107 cm³/mol. The number of carbonyl (C=O) groups is 2. The summed E-state index contributed by atoms with van der Waals surface area (Å²) in [5.74, 6) is 1.77. The molecule has 154 valence electrons. The molecule has 0 spiro atoms. The average Bonchev–Trinajstić information content (AvgIpc) is 2.99. The molecule has 0 bridgehead atoms. The fourth-order valence-corrected chi connectivity index (χ4v) is 7.48. The van der Waals surface area contributed by atoms with E-state index in [1.165, 1.54) is 31.3 Å². The molecule has 28 heavy (non-hydrogen) atoms. The topological polar surface area (TPSA) is 76.0 Å². The number of rotatable bonds is 4. The first-order chi connectivity index (χ1) is 13.3. The van der Waals surface area contributed by atoms with E-state index in [1.807, 2.05) is 0 Å². The van der Waals surface area contributed by atoms with Crippen LogP contribution in [0.5, 0.6) is 0 Å². The van der Waals surface area contributed by atoms with Gasteiger partial charge in [0.05, 0.1) is 5.71 Å². The third kappa shape index (κ3) is 3.02. The first-order valence-electron chi connectivity index (χ1n) is 10.9. The van der Waals surface area contributed by atoms with Crippen LogP contribution in [0.4, 0.5) is 0 Å². The first-order valence-corrected chi connectivity index (χ1v) is 10.9. The maximum absolute atomic E-state index is 12.3. The molecule has 1 N–H and O–H groups in total. The number of oxime groups is 1. The minimum Gasteiger partial charge on any atom is -0.479 e. The zero-order valence-corrected chi connectivity index (χ0v) is 17.4. The number of hydrogen-bond acceptors (Lipinski definition) is 4. The van der Waals surface area contributed by atoms with Crippen molar-refractivity contribution >= 4 is 17.5 Å². The normalized spacial score (nSPS) is 43.5. The van der Waals surface area contributed by atoms with Gasteiger partial charge in [-0.15, -0.1) is 0 Å². The lowest BCUT2D eigenvalue weighted by atomic mass is 9.46. The lowest BCUT2D eigenvalue weighted by Crippen LogP contribution is -2.51. The Morgan fingerprint density at radius 2 is 1.93 bits per heavy atom. The van der Waals surface area contributed by atoms with Gasteiger partial charge in [0.1, 0.15) is 5.78 Å². The molecule has 5 heteroatoms. The number of aliphatic carboxylic acids is 1. The van der Waals surface area contributed by atoms with Crippen molar-refractivity contribution in [2.45, 2.75) is 72.1 Å². The van der Waals surface area contributed by atoms with E-state index in [9.17, 15) is 9.59 Å². The molecule has 6 atom stereocenters. The molecule has 3 saturated carbocycles. The molecule has 0 aliphatic heterocycles. The Hall–Kier alpha value is -1.65. The van der Waals surface area contributed by atoms with Crippen LogP contribution >= 0.6 is 0 Å². The second kappa shape index (κ2) is 7.00. The van der Waals surface area contributed by atoms with Crippen molar-refractivity contribution in [2.75, 3.05) is 6.61 Å². The van der Waals surface area contributed by atoms with Gasteiger partial charge in [-0.3, -0.25) is 4.79 Å². The van der Waals surface area contributed by atoms with Gasteiger partial charge in [0.15, 0.2) is 0 Å². The molecule has 0 radical (unpaired) electrons. The molecule has 0 aromatic carbocycles. The predicted octanol–water partition coefficient (Wildman–Crippen LogP) is 4.61. The smallest absolute Gasteiger partial charge is 0.344 e. The second-order valence-corrected chi connectivity index (χ2v) is 10.0. The highest BCUT2D eigenvalue weighted by Crippen LogP contribution is 2.66. The molecular formula is C23H33NO4. The van der Waals surface area contributed by atoms with Gasteiger partial charge in [0.25, 0.3) is 0 Å². The number of Topliss-reactive ketones (excluding diaryl/α,β-unsaturated/α-hetero) is 1. The Labute approximate surface area is 167 Å². The molecule has 5 nitrogen and oxygen atoms in total. The third-order valence-electron chi connectivity index (χ3n) is 8.84. The van der Waals surface area contributed by atoms with E-state index in [2.05, 4.69) is 25.1 Å². The number of hydrogen-bond donors (Lipinski definition) is 1. The van der Waals surface area contributed by atoms with Gasteiger partial charge in [0, 0.05) is 5.92 Å². The highest BCUT2D eigenvalue weighted by atomic mass is 16.6. The van der Waals surface area contributed by atoms with Crippen LogP contribution in [0.2, 0.25) is 0 Å². The van der Waals surface area contributed by atoms with Crippen molar-refractivity contribution < 1.29 is 19.5 Å². The summed E-state index contributed by atoms with van der Waals surface area (Å²) in [6.45, 7) is 6.24. The summed E-state index contributed by atoms with van der Waals surface area (Å²) in [4.78, 5) is 27.8. The fourth-order valence-electron chi connectivity index (χ4n) is 7.48. The maximum Gasteiger partial charge on any atom is 0.344 e. The van der Waals surface area contributed by atoms with Gasteiger partial charge in [0.2, 0.25) is 6.61 Å². The first kappa shape index (κ1) is 19.7. The minimum atomic E-state index is -0.996. The zero-order chi connectivity index (χ0) is 20.1. The zero-order valence-electron chi connectivity index (χ0n) is 17.4.